The zero-order chi connectivity index (χ0) is 39.2. The van der Waals surface area contributed by atoms with Crippen molar-refractivity contribution in [1.82, 2.24) is 39.5 Å². The van der Waals surface area contributed by atoms with Crippen molar-refractivity contribution in [2.75, 3.05) is 7.11 Å². The van der Waals surface area contributed by atoms with Crippen LogP contribution in [0.25, 0.3) is 56.0 Å². The Hall–Kier alpha value is -6.92. The molecule has 8 rings (SSSR count). The van der Waals surface area contributed by atoms with Crippen molar-refractivity contribution in [1.29, 1.82) is 0 Å². The molecule has 2 N–H and O–H groups in total. The van der Waals surface area contributed by atoms with Gasteiger partial charge in [-0.1, -0.05) is 41.6 Å². The minimum Gasteiger partial charge on any atom is -0.411 e. The first kappa shape index (κ1) is 37.8. The number of oxime groups is 1. The number of aliphatic hydroxyl groups is 1. The zero-order valence-corrected chi connectivity index (χ0v) is 31.7. The van der Waals surface area contributed by atoms with Crippen LogP contribution in [0.2, 0.25) is 0 Å². The van der Waals surface area contributed by atoms with Gasteiger partial charge in [0.05, 0.1) is 40.5 Å². The molecule has 0 saturated carbocycles. The molecule has 0 aliphatic rings. The summed E-state index contributed by atoms with van der Waals surface area (Å²) in [6, 6.07) is 31.6. The maximum absolute atomic E-state index is 11.7. The molecule has 6 heterocycles. The minimum atomic E-state index is -0.0370. The Bertz CT molecular complexity index is 2700. The molecule has 0 fully saturated rings. The maximum Gasteiger partial charge on any atom is 0.178 e. The van der Waals surface area contributed by atoms with Crippen molar-refractivity contribution in [3.63, 3.8) is 0 Å². The largest absolute Gasteiger partial charge is 0.411 e. The molecule has 0 aliphatic carbocycles. The highest BCUT2D eigenvalue weighted by atomic mass is 16.4. The average molecular weight is 732 g/mol. The number of hydrogen-bond donors (Lipinski definition) is 2. The summed E-state index contributed by atoms with van der Waals surface area (Å²) in [5.41, 5.74) is 11.0. The number of hydrogen-bond acceptors (Lipinski definition) is 10. The molecule has 276 valence electrons. The van der Waals surface area contributed by atoms with E-state index < -0.39 is 0 Å². The van der Waals surface area contributed by atoms with Crippen molar-refractivity contribution in [2.45, 2.75) is 41.5 Å². The molecule has 0 unspecified atom stereocenters. The van der Waals surface area contributed by atoms with E-state index in [0.717, 1.165) is 85.6 Å². The summed E-state index contributed by atoms with van der Waals surface area (Å²) < 4.78 is 3.66. The van der Waals surface area contributed by atoms with Gasteiger partial charge in [-0.25, -0.2) is 29.3 Å². The molecule has 12 nitrogen and oxygen atoms in total. The zero-order valence-electron chi connectivity index (χ0n) is 31.7. The van der Waals surface area contributed by atoms with E-state index in [0.29, 0.717) is 17.1 Å². The van der Waals surface area contributed by atoms with Gasteiger partial charge in [0.25, 0.3) is 0 Å². The molecule has 6 aromatic heterocycles. The van der Waals surface area contributed by atoms with Crippen molar-refractivity contribution in [2.24, 2.45) is 5.16 Å². The molecule has 55 heavy (non-hydrogen) atoms. The van der Waals surface area contributed by atoms with E-state index in [-0.39, 0.29) is 5.78 Å². The number of fused-ring (bicyclic) bond motifs is 2. The van der Waals surface area contributed by atoms with Crippen LogP contribution in [-0.2, 0) is 0 Å². The van der Waals surface area contributed by atoms with Crippen molar-refractivity contribution in [3.8, 4) is 34.2 Å². The Morgan fingerprint density at radius 1 is 0.582 bits per heavy atom. The number of aromatic nitrogens is 8. The van der Waals surface area contributed by atoms with Crippen LogP contribution >= 0.6 is 0 Å². The van der Waals surface area contributed by atoms with Gasteiger partial charge < -0.3 is 10.3 Å². The molecule has 0 bridgehead atoms. The summed E-state index contributed by atoms with van der Waals surface area (Å²) in [4.78, 5) is 30.0. The monoisotopic (exact) mass is 731 g/mol. The van der Waals surface area contributed by atoms with E-state index in [1.807, 2.05) is 140 Å². The lowest BCUT2D eigenvalue weighted by molar-refractivity contribution is 0.101. The highest BCUT2D eigenvalue weighted by Crippen LogP contribution is 2.27. The fourth-order valence-corrected chi connectivity index (χ4v) is 6.06. The molecule has 0 atom stereocenters. The Balaban J connectivity index is 0.000000179. The summed E-state index contributed by atoms with van der Waals surface area (Å²) >= 11 is 0. The highest BCUT2D eigenvalue weighted by Gasteiger charge is 2.13. The third kappa shape index (κ3) is 8.34. The standard InChI is InChI=1S/C21H19N5O.C21H18N4O.CH4O/c1-13-9-18(15(3)25-27)24-19(10-13)16-7-8-17-12-22-26(20(17)11-16)21-6-4-5-14(2)23-21;1-13-9-18(15(3)26)24-19(10-13)16-7-8-17-12-22-25(20(17)11-16)21-6-4-5-14(2)23-21;1-2/h4-12,27H,1-3H3;4-12H,1-3H3;2H,1H3/b25-15-;;. The molecule has 0 spiro atoms. The average Bonchev–Trinajstić information content (AvgIpc) is 3.82. The minimum absolute atomic E-state index is 0.0370. The number of nitrogens with zero attached hydrogens (tertiary/aromatic N) is 9. The second kappa shape index (κ2) is 16.4. The normalized spacial score (nSPS) is 11.2. The van der Waals surface area contributed by atoms with Crippen LogP contribution in [0.5, 0.6) is 0 Å². The van der Waals surface area contributed by atoms with Crippen molar-refractivity contribution < 1.29 is 15.1 Å². The van der Waals surface area contributed by atoms with Crippen molar-refractivity contribution in [3.05, 3.63) is 143 Å². The number of aryl methyl sites for hydroxylation is 4. The molecule has 0 aliphatic heterocycles. The molecular formula is C43H41N9O3. The molecule has 0 radical (unpaired) electrons. The van der Waals surface area contributed by atoms with E-state index >= 15 is 0 Å². The lowest BCUT2D eigenvalue weighted by Crippen LogP contribution is -2.02. The highest BCUT2D eigenvalue weighted by molar-refractivity contribution is 5.97. The van der Waals surface area contributed by atoms with Crippen molar-refractivity contribution >= 4 is 33.3 Å². The molecule has 8 aromatic rings. The lowest BCUT2D eigenvalue weighted by Gasteiger charge is -2.08. The van der Waals surface area contributed by atoms with E-state index in [4.69, 9.17) is 10.3 Å². The Labute approximate surface area is 318 Å². The van der Waals surface area contributed by atoms with Crippen LogP contribution in [-0.4, -0.2) is 68.4 Å². The maximum atomic E-state index is 11.7. The van der Waals surface area contributed by atoms with Gasteiger partial charge in [-0.05, 0) is 106 Å². The number of Topliss-reactive ketones (excluding diaryl/α,β-unsaturated/α-hetero) is 1. The van der Waals surface area contributed by atoms with Crippen LogP contribution in [0.4, 0.5) is 0 Å². The van der Waals surface area contributed by atoms with E-state index in [9.17, 15) is 4.79 Å². The predicted molar refractivity (Wildman–Crippen MR) is 215 cm³/mol. The number of carbonyl (C=O) groups is 1. The summed E-state index contributed by atoms with van der Waals surface area (Å²) in [5, 5.41) is 30.4. The van der Waals surface area contributed by atoms with Crippen LogP contribution in [0.15, 0.2) is 115 Å². The molecule has 0 amide bonds. The molecule has 0 saturated heterocycles. The number of carbonyl (C=O) groups excluding carboxylic acids is 1. The van der Waals surface area contributed by atoms with Gasteiger partial charge in [-0.2, -0.15) is 10.2 Å². The predicted octanol–water partition coefficient (Wildman–Crippen LogP) is 8.21. The molecule has 12 heteroatoms. The fraction of sp³-hybridized carbons (Fsp3) is 0.163. The second-order valence-corrected chi connectivity index (χ2v) is 13.0. The Morgan fingerprint density at radius 3 is 1.47 bits per heavy atom. The number of benzene rings is 2. The summed E-state index contributed by atoms with van der Waals surface area (Å²) in [6.07, 6.45) is 3.66. The smallest absolute Gasteiger partial charge is 0.178 e. The van der Waals surface area contributed by atoms with Gasteiger partial charge in [-0.3, -0.25) is 4.79 Å². The summed E-state index contributed by atoms with van der Waals surface area (Å²) in [7, 11) is 1.00. The Morgan fingerprint density at radius 2 is 1.04 bits per heavy atom. The molecule has 2 aromatic carbocycles. The first-order valence-electron chi connectivity index (χ1n) is 17.5. The quantitative estimate of drug-likeness (QED) is 0.0744. The SMILES string of the molecule is C/C(=N/O)c1cc(C)cc(-c2ccc3cnn(-c4cccc(C)n4)c3c2)n1.CC(=O)c1cc(C)cc(-c2ccc3cnn(-c4cccc(C)n4)c3c2)n1.CO. The summed E-state index contributed by atoms with van der Waals surface area (Å²) in [5.74, 6) is 1.52. The number of ketones is 1. The van der Waals surface area contributed by atoms with Gasteiger partial charge in [-0.15, -0.1) is 0 Å². The second-order valence-electron chi connectivity index (χ2n) is 13.0. The van der Waals surface area contributed by atoms with Crippen LogP contribution in [0.1, 0.15) is 52.5 Å². The fourth-order valence-electron chi connectivity index (χ4n) is 6.06. The van der Waals surface area contributed by atoms with Gasteiger partial charge >= 0.3 is 0 Å². The first-order chi connectivity index (χ1) is 26.6. The topological polar surface area (TPSA) is 157 Å². The third-order valence-electron chi connectivity index (χ3n) is 8.74. The lowest BCUT2D eigenvalue weighted by atomic mass is 10.1. The number of aliphatic hydroxyl groups excluding tert-OH is 1. The Kier molecular flexibility index (Phi) is 11.3. The van der Waals surface area contributed by atoms with Gasteiger partial charge in [0.1, 0.15) is 11.4 Å². The van der Waals surface area contributed by atoms with E-state index in [1.165, 1.54) is 6.92 Å². The third-order valence-corrected chi connectivity index (χ3v) is 8.74. The van der Waals surface area contributed by atoms with E-state index in [2.05, 4.69) is 41.4 Å². The van der Waals surface area contributed by atoms with Gasteiger partial charge in [0.2, 0.25) is 0 Å². The summed E-state index contributed by atoms with van der Waals surface area (Å²) in [6.45, 7) is 11.2. The first-order valence-corrected chi connectivity index (χ1v) is 17.5. The van der Waals surface area contributed by atoms with Crippen LogP contribution in [0.3, 0.4) is 0 Å². The number of rotatable bonds is 6. The van der Waals surface area contributed by atoms with Gasteiger partial charge in [0.15, 0.2) is 17.4 Å². The van der Waals surface area contributed by atoms with Gasteiger partial charge in [0, 0.05) is 47.3 Å². The van der Waals surface area contributed by atoms with Crippen LogP contribution < -0.4 is 0 Å². The van der Waals surface area contributed by atoms with Crippen LogP contribution in [0, 0.1) is 27.7 Å². The number of pyridine rings is 4. The molecular weight excluding hydrogens is 691 g/mol. The van der Waals surface area contributed by atoms with E-state index in [1.54, 1.807) is 6.92 Å².